The van der Waals surface area contributed by atoms with Gasteiger partial charge in [-0.2, -0.15) is 0 Å². The van der Waals surface area contributed by atoms with Crippen LogP contribution in [0.4, 0.5) is 0 Å². The van der Waals surface area contributed by atoms with Gasteiger partial charge in [0.15, 0.2) is 0 Å². The van der Waals surface area contributed by atoms with Crippen molar-refractivity contribution in [3.05, 3.63) is 48.0 Å². The van der Waals surface area contributed by atoms with Crippen LogP contribution in [0.1, 0.15) is 26.3 Å². The van der Waals surface area contributed by atoms with Gasteiger partial charge in [0.25, 0.3) is 0 Å². The maximum atomic E-state index is 11.4. The Morgan fingerprint density at radius 2 is 1.88 bits per heavy atom. The molecule has 0 bridgehead atoms. The Morgan fingerprint density at radius 1 is 1.25 bits per heavy atom. The molecule has 0 amide bonds. The van der Waals surface area contributed by atoms with Crippen molar-refractivity contribution in [1.82, 2.24) is 0 Å². The molecule has 0 heterocycles. The topological polar surface area (TPSA) is 26.3 Å². The monoisotopic (exact) mass is 218 g/mol. The Labute approximate surface area is 96.9 Å². The predicted octanol–water partition coefficient (Wildman–Crippen LogP) is 3.33. The molecule has 0 fully saturated rings. The van der Waals surface area contributed by atoms with Crippen molar-refractivity contribution < 1.29 is 9.53 Å². The minimum Gasteiger partial charge on any atom is -0.458 e. The lowest BCUT2D eigenvalue weighted by Gasteiger charge is -2.10. The molecule has 16 heavy (non-hydrogen) atoms. The smallest absolute Gasteiger partial charge is 0.330 e. The number of allylic oxidation sites excluding steroid dienone is 1. The van der Waals surface area contributed by atoms with E-state index in [0.29, 0.717) is 6.61 Å². The van der Waals surface area contributed by atoms with Crippen molar-refractivity contribution in [3.8, 4) is 0 Å². The summed E-state index contributed by atoms with van der Waals surface area (Å²) in [5.74, 6) is -0.293. The van der Waals surface area contributed by atoms with Gasteiger partial charge in [-0.3, -0.25) is 0 Å². The molecule has 0 unspecified atom stereocenters. The van der Waals surface area contributed by atoms with Crippen LogP contribution in [0.5, 0.6) is 0 Å². The fourth-order valence-corrected chi connectivity index (χ4v) is 1.09. The van der Waals surface area contributed by atoms with E-state index in [-0.39, 0.29) is 11.4 Å². The van der Waals surface area contributed by atoms with E-state index in [1.54, 1.807) is 0 Å². The molecule has 0 aliphatic rings. The number of rotatable bonds is 3. The van der Waals surface area contributed by atoms with Crippen LogP contribution in [0.2, 0.25) is 0 Å². The molecule has 0 N–H and O–H groups in total. The van der Waals surface area contributed by atoms with Gasteiger partial charge in [0.05, 0.1) is 0 Å². The molecular formula is C14H18O2. The second kappa shape index (κ2) is 5.50. The quantitative estimate of drug-likeness (QED) is 0.574. The molecule has 1 rings (SSSR count). The van der Waals surface area contributed by atoms with Gasteiger partial charge in [-0.05, 0) is 11.0 Å². The fraction of sp³-hybridized carbons (Fsp3) is 0.357. The standard InChI is InChI=1S/C14H18O2/c1-14(2,3)10-9-13(15)16-11-12-7-5-4-6-8-12/h4-10H,11H2,1-3H3/b10-9+. The van der Waals surface area contributed by atoms with Crippen molar-refractivity contribution in [1.29, 1.82) is 0 Å². The second-order valence-corrected chi connectivity index (χ2v) is 4.79. The number of hydrogen-bond donors (Lipinski definition) is 0. The third kappa shape index (κ3) is 5.35. The molecular weight excluding hydrogens is 200 g/mol. The van der Waals surface area contributed by atoms with Gasteiger partial charge in [0, 0.05) is 6.08 Å². The molecule has 1 aromatic carbocycles. The number of esters is 1. The van der Waals surface area contributed by atoms with Crippen LogP contribution in [0.15, 0.2) is 42.5 Å². The van der Waals surface area contributed by atoms with Gasteiger partial charge in [0.2, 0.25) is 0 Å². The summed E-state index contributed by atoms with van der Waals surface area (Å²) >= 11 is 0. The minimum atomic E-state index is -0.293. The predicted molar refractivity (Wildman–Crippen MR) is 64.8 cm³/mol. The highest BCUT2D eigenvalue weighted by atomic mass is 16.5. The SMILES string of the molecule is CC(C)(C)/C=C/C(=O)OCc1ccccc1. The first-order valence-corrected chi connectivity index (χ1v) is 5.37. The minimum absolute atomic E-state index is 0.00572. The average Bonchev–Trinajstić information content (AvgIpc) is 2.24. The first-order chi connectivity index (χ1) is 7.47. The molecule has 0 aliphatic heterocycles. The third-order valence-electron chi connectivity index (χ3n) is 1.94. The fourth-order valence-electron chi connectivity index (χ4n) is 1.09. The van der Waals surface area contributed by atoms with Crippen molar-refractivity contribution in [2.75, 3.05) is 0 Å². The molecule has 1 aromatic rings. The number of benzene rings is 1. The van der Waals surface area contributed by atoms with Gasteiger partial charge in [0.1, 0.15) is 6.61 Å². The third-order valence-corrected chi connectivity index (χ3v) is 1.94. The van der Waals surface area contributed by atoms with Crippen molar-refractivity contribution >= 4 is 5.97 Å². The van der Waals surface area contributed by atoms with E-state index in [9.17, 15) is 4.79 Å². The van der Waals surface area contributed by atoms with E-state index < -0.39 is 0 Å². The van der Waals surface area contributed by atoms with E-state index >= 15 is 0 Å². The molecule has 0 spiro atoms. The Kier molecular flexibility index (Phi) is 4.29. The number of ether oxygens (including phenoxy) is 1. The highest BCUT2D eigenvalue weighted by molar-refractivity contribution is 5.82. The lowest BCUT2D eigenvalue weighted by Crippen LogP contribution is -2.04. The molecule has 0 radical (unpaired) electrons. The van der Waals surface area contributed by atoms with Crippen LogP contribution in [-0.2, 0) is 16.1 Å². The van der Waals surface area contributed by atoms with Gasteiger partial charge >= 0.3 is 5.97 Å². The van der Waals surface area contributed by atoms with Gasteiger partial charge < -0.3 is 4.74 Å². The summed E-state index contributed by atoms with van der Waals surface area (Å²) in [4.78, 5) is 11.4. The van der Waals surface area contributed by atoms with Crippen molar-refractivity contribution in [2.45, 2.75) is 27.4 Å². The van der Waals surface area contributed by atoms with E-state index in [1.165, 1.54) is 6.08 Å². The number of carbonyl (C=O) groups is 1. The summed E-state index contributed by atoms with van der Waals surface area (Å²) in [6, 6.07) is 9.65. The van der Waals surface area contributed by atoms with Crippen molar-refractivity contribution in [2.24, 2.45) is 5.41 Å². The maximum Gasteiger partial charge on any atom is 0.330 e. The van der Waals surface area contributed by atoms with Gasteiger partial charge in [-0.25, -0.2) is 4.79 Å². The molecule has 0 aliphatic carbocycles. The van der Waals surface area contributed by atoms with Crippen LogP contribution >= 0.6 is 0 Å². The van der Waals surface area contributed by atoms with E-state index in [1.807, 2.05) is 57.2 Å². The summed E-state index contributed by atoms with van der Waals surface area (Å²) in [6.07, 6.45) is 3.34. The largest absolute Gasteiger partial charge is 0.458 e. The molecule has 2 heteroatoms. The second-order valence-electron chi connectivity index (χ2n) is 4.79. The normalized spacial score (nSPS) is 11.7. The Morgan fingerprint density at radius 3 is 2.44 bits per heavy atom. The lowest BCUT2D eigenvalue weighted by molar-refractivity contribution is -0.139. The van der Waals surface area contributed by atoms with Crippen molar-refractivity contribution in [3.63, 3.8) is 0 Å². The van der Waals surface area contributed by atoms with Crippen LogP contribution < -0.4 is 0 Å². The zero-order chi connectivity index (χ0) is 12.0. The van der Waals surface area contributed by atoms with Crippen LogP contribution in [0.25, 0.3) is 0 Å². The Bertz CT molecular complexity index is 358. The first kappa shape index (κ1) is 12.5. The maximum absolute atomic E-state index is 11.4. The summed E-state index contributed by atoms with van der Waals surface area (Å²) in [7, 11) is 0. The molecule has 0 atom stereocenters. The van der Waals surface area contributed by atoms with E-state index in [4.69, 9.17) is 4.74 Å². The molecule has 86 valence electrons. The van der Waals surface area contributed by atoms with E-state index in [0.717, 1.165) is 5.56 Å². The zero-order valence-electron chi connectivity index (χ0n) is 10.1. The van der Waals surface area contributed by atoms with Gasteiger partial charge in [-0.15, -0.1) is 0 Å². The van der Waals surface area contributed by atoms with Crippen LogP contribution in [0.3, 0.4) is 0 Å². The molecule has 0 saturated heterocycles. The highest BCUT2D eigenvalue weighted by Crippen LogP contribution is 2.14. The molecule has 0 saturated carbocycles. The summed E-state index contributed by atoms with van der Waals surface area (Å²) < 4.78 is 5.10. The average molecular weight is 218 g/mol. The summed E-state index contributed by atoms with van der Waals surface area (Å²) in [6.45, 7) is 6.43. The van der Waals surface area contributed by atoms with E-state index in [2.05, 4.69) is 0 Å². The van der Waals surface area contributed by atoms with Crippen LogP contribution in [0, 0.1) is 5.41 Å². The Balaban J connectivity index is 2.40. The Hall–Kier alpha value is -1.57. The number of hydrogen-bond acceptors (Lipinski definition) is 2. The molecule has 0 aromatic heterocycles. The molecule has 2 nitrogen and oxygen atoms in total. The summed E-state index contributed by atoms with van der Waals surface area (Å²) in [5, 5.41) is 0. The summed E-state index contributed by atoms with van der Waals surface area (Å²) in [5.41, 5.74) is 1.01. The zero-order valence-corrected chi connectivity index (χ0v) is 10.1. The highest BCUT2D eigenvalue weighted by Gasteiger charge is 2.05. The first-order valence-electron chi connectivity index (χ1n) is 5.37. The van der Waals surface area contributed by atoms with Crippen LogP contribution in [-0.4, -0.2) is 5.97 Å². The lowest BCUT2D eigenvalue weighted by atomic mass is 9.96. The van der Waals surface area contributed by atoms with Gasteiger partial charge in [-0.1, -0.05) is 57.2 Å². The number of carbonyl (C=O) groups excluding carboxylic acids is 1.